The summed E-state index contributed by atoms with van der Waals surface area (Å²) in [7, 11) is 1.82. The predicted molar refractivity (Wildman–Crippen MR) is 107 cm³/mol. The minimum Gasteiger partial charge on any atom is -0.475 e. The quantitative estimate of drug-likeness (QED) is 0.560. The molecule has 3 rings (SSSR count). The van der Waals surface area contributed by atoms with Crippen LogP contribution in [0.4, 0.5) is 18.9 Å². The largest absolute Gasteiger partial charge is 0.490 e. The van der Waals surface area contributed by atoms with Gasteiger partial charge < -0.3 is 15.7 Å². The summed E-state index contributed by atoms with van der Waals surface area (Å²) in [6.45, 7) is 4.73. The van der Waals surface area contributed by atoms with Crippen LogP contribution in [-0.2, 0) is 11.3 Å². The fraction of sp³-hybridized carbons (Fsp3) is 0.316. The number of carboxylic acids is 1. The molecule has 0 atom stereocenters. The summed E-state index contributed by atoms with van der Waals surface area (Å²) in [5, 5.41) is 18.3. The zero-order chi connectivity index (χ0) is 23.2. The van der Waals surface area contributed by atoms with Crippen molar-refractivity contribution in [2.45, 2.75) is 32.6 Å². The molecule has 1 aromatic carbocycles. The normalized spacial score (nSPS) is 11.2. The summed E-state index contributed by atoms with van der Waals surface area (Å²) in [6.07, 6.45) is -0.213. The maximum Gasteiger partial charge on any atom is 0.490 e. The van der Waals surface area contributed by atoms with Crippen LogP contribution in [0.5, 0.6) is 0 Å². The molecule has 9 nitrogen and oxygen atoms in total. The number of nitrogens with one attached hydrogen (secondary N) is 2. The second kappa shape index (κ2) is 9.98. The number of carbonyl (C=O) groups excluding carboxylic acids is 1. The number of rotatable bonds is 5. The standard InChI is InChI=1S/C17H20N6O.C2HF3O2/c1-11(2)23-15-5-4-14(6-12(15)9-21-23)22-17(24)13-7-19-16(10-18-3)20-8-13;3-2(4,5)1(6)7/h4-9,11,18H,10H2,1-3H3,(H,22,24);(H,6,7). The van der Waals surface area contributed by atoms with Crippen LogP contribution in [0.25, 0.3) is 10.9 Å². The molecule has 0 spiro atoms. The second-order valence-electron chi connectivity index (χ2n) is 6.63. The number of hydrogen-bond acceptors (Lipinski definition) is 6. The van der Waals surface area contributed by atoms with Crippen LogP contribution in [0.1, 0.15) is 36.1 Å². The van der Waals surface area contributed by atoms with Crippen molar-refractivity contribution in [1.82, 2.24) is 25.1 Å². The lowest BCUT2D eigenvalue weighted by molar-refractivity contribution is -0.192. The highest BCUT2D eigenvalue weighted by Gasteiger charge is 2.38. The molecular formula is C19H21F3N6O3. The molecule has 166 valence electrons. The number of aromatic nitrogens is 4. The summed E-state index contributed by atoms with van der Waals surface area (Å²) >= 11 is 0. The summed E-state index contributed by atoms with van der Waals surface area (Å²) in [5.41, 5.74) is 2.19. The topological polar surface area (TPSA) is 122 Å². The Morgan fingerprint density at radius 2 is 1.77 bits per heavy atom. The molecule has 31 heavy (non-hydrogen) atoms. The maximum absolute atomic E-state index is 12.3. The molecule has 3 N–H and O–H groups in total. The van der Waals surface area contributed by atoms with E-state index < -0.39 is 12.1 Å². The molecule has 0 fully saturated rings. The first-order valence-corrected chi connectivity index (χ1v) is 9.07. The molecule has 0 saturated heterocycles. The van der Waals surface area contributed by atoms with Crippen LogP contribution in [0.3, 0.4) is 0 Å². The highest BCUT2D eigenvalue weighted by atomic mass is 19.4. The van der Waals surface area contributed by atoms with Crippen LogP contribution in [0.2, 0.25) is 0 Å². The van der Waals surface area contributed by atoms with Gasteiger partial charge in [-0.15, -0.1) is 0 Å². The third-order valence-electron chi connectivity index (χ3n) is 3.89. The van der Waals surface area contributed by atoms with Crippen molar-refractivity contribution in [2.75, 3.05) is 12.4 Å². The van der Waals surface area contributed by atoms with E-state index in [1.807, 2.05) is 29.9 Å². The summed E-state index contributed by atoms with van der Waals surface area (Å²) in [4.78, 5) is 29.5. The summed E-state index contributed by atoms with van der Waals surface area (Å²) in [5.74, 6) is -2.34. The summed E-state index contributed by atoms with van der Waals surface area (Å²) in [6, 6.07) is 6.04. The Kier molecular flexibility index (Phi) is 7.64. The highest BCUT2D eigenvalue weighted by molar-refractivity contribution is 6.04. The number of alkyl halides is 3. The zero-order valence-corrected chi connectivity index (χ0v) is 16.9. The first-order chi connectivity index (χ1) is 14.5. The first kappa shape index (κ1) is 23.7. The van der Waals surface area contributed by atoms with E-state index in [0.29, 0.717) is 17.9 Å². The van der Waals surface area contributed by atoms with Crippen molar-refractivity contribution in [3.63, 3.8) is 0 Å². The van der Waals surface area contributed by atoms with Gasteiger partial charge in [0.05, 0.1) is 23.8 Å². The van der Waals surface area contributed by atoms with Crippen molar-refractivity contribution >= 4 is 28.5 Å². The van der Waals surface area contributed by atoms with E-state index in [2.05, 4.69) is 39.5 Å². The van der Waals surface area contributed by atoms with E-state index in [1.54, 1.807) is 6.20 Å². The van der Waals surface area contributed by atoms with Gasteiger partial charge in [-0.05, 0) is 39.1 Å². The average Bonchev–Trinajstić information content (AvgIpc) is 3.12. The van der Waals surface area contributed by atoms with Crippen LogP contribution >= 0.6 is 0 Å². The van der Waals surface area contributed by atoms with Gasteiger partial charge in [0, 0.05) is 29.5 Å². The number of hydrogen-bond donors (Lipinski definition) is 3. The molecule has 2 heterocycles. The molecule has 3 aromatic rings. The van der Waals surface area contributed by atoms with Gasteiger partial charge in [0.25, 0.3) is 5.91 Å². The molecule has 0 saturated carbocycles. The number of anilines is 1. The average molecular weight is 438 g/mol. The van der Waals surface area contributed by atoms with Crippen LogP contribution in [0, 0.1) is 0 Å². The Hall–Kier alpha value is -3.54. The number of halogens is 3. The Morgan fingerprint density at radius 1 is 1.16 bits per heavy atom. The fourth-order valence-electron chi connectivity index (χ4n) is 2.47. The van der Waals surface area contributed by atoms with Gasteiger partial charge in [0.1, 0.15) is 5.82 Å². The molecule has 0 bridgehead atoms. The third-order valence-corrected chi connectivity index (χ3v) is 3.89. The number of carboxylic acid groups (broad SMARTS) is 1. The zero-order valence-electron chi connectivity index (χ0n) is 16.9. The Labute approximate surface area is 175 Å². The lowest BCUT2D eigenvalue weighted by Gasteiger charge is -2.08. The van der Waals surface area contributed by atoms with E-state index >= 15 is 0 Å². The predicted octanol–water partition coefficient (Wildman–Crippen LogP) is 3.01. The van der Waals surface area contributed by atoms with Crippen LogP contribution < -0.4 is 10.6 Å². The lowest BCUT2D eigenvalue weighted by Crippen LogP contribution is -2.21. The molecule has 0 aliphatic heterocycles. The Morgan fingerprint density at radius 3 is 2.29 bits per heavy atom. The Bertz CT molecular complexity index is 1050. The van der Waals surface area contributed by atoms with Crippen molar-refractivity contribution in [3.05, 3.63) is 48.2 Å². The number of carbonyl (C=O) groups is 2. The van der Waals surface area contributed by atoms with Gasteiger partial charge in [-0.25, -0.2) is 14.8 Å². The number of nitrogens with zero attached hydrogens (tertiary/aromatic N) is 4. The number of fused-ring (bicyclic) bond motifs is 1. The van der Waals surface area contributed by atoms with Crippen molar-refractivity contribution in [1.29, 1.82) is 0 Å². The van der Waals surface area contributed by atoms with E-state index in [-0.39, 0.29) is 11.9 Å². The van der Waals surface area contributed by atoms with Gasteiger partial charge in [0.15, 0.2) is 0 Å². The van der Waals surface area contributed by atoms with Gasteiger partial charge in [-0.3, -0.25) is 9.48 Å². The Balaban J connectivity index is 0.000000423. The third kappa shape index (κ3) is 6.47. The van der Waals surface area contributed by atoms with Crippen LogP contribution in [0.15, 0.2) is 36.8 Å². The van der Waals surface area contributed by atoms with Gasteiger partial charge in [-0.1, -0.05) is 0 Å². The molecule has 0 radical (unpaired) electrons. The minimum atomic E-state index is -5.08. The SMILES string of the molecule is CNCc1ncc(C(=O)Nc2ccc3c(cnn3C(C)C)c2)cn1.O=C(O)C(F)(F)F. The van der Waals surface area contributed by atoms with E-state index in [0.717, 1.165) is 16.6 Å². The minimum absolute atomic E-state index is 0.235. The molecule has 2 aromatic heterocycles. The molecular weight excluding hydrogens is 417 g/mol. The molecule has 0 unspecified atom stereocenters. The van der Waals surface area contributed by atoms with E-state index in [1.165, 1.54) is 12.4 Å². The molecule has 0 aliphatic rings. The maximum atomic E-state index is 12.3. The van der Waals surface area contributed by atoms with Gasteiger partial charge >= 0.3 is 12.1 Å². The van der Waals surface area contributed by atoms with Gasteiger partial charge in [0.2, 0.25) is 0 Å². The smallest absolute Gasteiger partial charge is 0.475 e. The van der Waals surface area contributed by atoms with Crippen molar-refractivity contribution in [2.24, 2.45) is 0 Å². The number of aliphatic carboxylic acids is 1. The van der Waals surface area contributed by atoms with Crippen molar-refractivity contribution < 1.29 is 27.9 Å². The van der Waals surface area contributed by atoms with E-state index in [4.69, 9.17) is 9.90 Å². The second-order valence-corrected chi connectivity index (χ2v) is 6.63. The monoisotopic (exact) mass is 438 g/mol. The molecule has 1 amide bonds. The number of benzene rings is 1. The highest BCUT2D eigenvalue weighted by Crippen LogP contribution is 2.22. The summed E-state index contributed by atoms with van der Waals surface area (Å²) < 4.78 is 33.7. The van der Waals surface area contributed by atoms with Gasteiger partial charge in [-0.2, -0.15) is 18.3 Å². The lowest BCUT2D eigenvalue weighted by atomic mass is 10.2. The number of amides is 1. The van der Waals surface area contributed by atoms with E-state index in [9.17, 15) is 18.0 Å². The van der Waals surface area contributed by atoms with Crippen molar-refractivity contribution in [3.8, 4) is 0 Å². The molecule has 12 heteroatoms. The first-order valence-electron chi connectivity index (χ1n) is 9.07. The molecule has 0 aliphatic carbocycles. The van der Waals surface area contributed by atoms with Crippen LogP contribution in [-0.4, -0.2) is 50.0 Å². The fourth-order valence-corrected chi connectivity index (χ4v) is 2.47.